The largest absolute Gasteiger partial charge is 0.435 e. The zero-order valence-electron chi connectivity index (χ0n) is 11.3. The standard InChI is InChI=1S/C13H5F6N3S2/c14-12(15,16)6-1-2-8-7(5-6)20-11(23-8)24-10-4-3-9(21-22-10)13(17,18)19/h1-5H. The predicted octanol–water partition coefficient (Wildman–Crippen LogP) is 5.28. The Morgan fingerprint density at radius 3 is 2.21 bits per heavy atom. The van der Waals surface area contributed by atoms with Gasteiger partial charge in [0, 0.05) is 0 Å². The van der Waals surface area contributed by atoms with Crippen molar-refractivity contribution in [3.8, 4) is 0 Å². The Morgan fingerprint density at radius 1 is 0.875 bits per heavy atom. The SMILES string of the molecule is FC(F)(F)c1ccc2sc(Sc3ccc(C(F)(F)F)nn3)nc2c1. The highest BCUT2D eigenvalue weighted by Crippen LogP contribution is 2.37. The summed E-state index contributed by atoms with van der Waals surface area (Å²) in [5.41, 5.74) is -1.77. The molecule has 0 aliphatic carbocycles. The molecule has 3 rings (SSSR count). The molecule has 3 nitrogen and oxygen atoms in total. The van der Waals surface area contributed by atoms with Crippen LogP contribution < -0.4 is 0 Å². The molecule has 0 unspecified atom stereocenters. The zero-order valence-corrected chi connectivity index (χ0v) is 12.9. The molecule has 2 heterocycles. The molecule has 0 atom stereocenters. The fourth-order valence-electron chi connectivity index (χ4n) is 1.74. The summed E-state index contributed by atoms with van der Waals surface area (Å²) in [6, 6.07) is 5.09. The molecule has 0 fully saturated rings. The van der Waals surface area contributed by atoms with Gasteiger partial charge in [0.2, 0.25) is 0 Å². The van der Waals surface area contributed by atoms with Crippen LogP contribution in [0, 0.1) is 0 Å². The predicted molar refractivity (Wildman–Crippen MR) is 75.8 cm³/mol. The van der Waals surface area contributed by atoms with Gasteiger partial charge in [-0.3, -0.25) is 0 Å². The van der Waals surface area contributed by atoms with Gasteiger partial charge in [0.25, 0.3) is 0 Å². The monoisotopic (exact) mass is 381 g/mol. The highest BCUT2D eigenvalue weighted by Gasteiger charge is 2.33. The Labute approximate surface area is 138 Å². The topological polar surface area (TPSA) is 38.7 Å². The van der Waals surface area contributed by atoms with E-state index in [1.165, 1.54) is 6.07 Å². The molecule has 24 heavy (non-hydrogen) atoms. The number of aromatic nitrogens is 3. The number of benzene rings is 1. The number of hydrogen-bond donors (Lipinski definition) is 0. The minimum Gasteiger partial charge on any atom is -0.229 e. The van der Waals surface area contributed by atoms with Gasteiger partial charge in [0.1, 0.15) is 5.03 Å². The van der Waals surface area contributed by atoms with Crippen LogP contribution in [-0.4, -0.2) is 15.2 Å². The van der Waals surface area contributed by atoms with Crippen LogP contribution in [0.25, 0.3) is 10.2 Å². The Balaban J connectivity index is 1.85. The number of nitrogens with zero attached hydrogens (tertiary/aromatic N) is 3. The second kappa shape index (κ2) is 5.88. The Hall–Kier alpha value is -1.88. The van der Waals surface area contributed by atoms with Crippen LogP contribution in [0.1, 0.15) is 11.3 Å². The van der Waals surface area contributed by atoms with Gasteiger partial charge < -0.3 is 0 Å². The number of thiazole rings is 1. The summed E-state index contributed by atoms with van der Waals surface area (Å²) < 4.78 is 76.1. The number of fused-ring (bicyclic) bond motifs is 1. The number of alkyl halides is 6. The third-order valence-corrected chi connectivity index (χ3v) is 4.84. The minimum atomic E-state index is -4.58. The number of halogens is 6. The lowest BCUT2D eigenvalue weighted by atomic mass is 10.2. The molecular weight excluding hydrogens is 376 g/mol. The van der Waals surface area contributed by atoms with Crippen molar-refractivity contribution in [3.05, 3.63) is 41.6 Å². The van der Waals surface area contributed by atoms with Gasteiger partial charge >= 0.3 is 12.4 Å². The number of rotatable bonds is 2. The van der Waals surface area contributed by atoms with Crippen LogP contribution in [0.3, 0.4) is 0 Å². The van der Waals surface area contributed by atoms with Crippen LogP contribution in [0.15, 0.2) is 39.7 Å². The molecule has 126 valence electrons. The maximum absolute atomic E-state index is 12.7. The number of hydrogen-bond acceptors (Lipinski definition) is 5. The first-order valence-electron chi connectivity index (χ1n) is 6.19. The smallest absolute Gasteiger partial charge is 0.229 e. The van der Waals surface area contributed by atoms with Gasteiger partial charge in [-0.05, 0) is 42.1 Å². The lowest BCUT2D eigenvalue weighted by Gasteiger charge is -2.04. The van der Waals surface area contributed by atoms with Gasteiger partial charge in [0.05, 0.1) is 15.8 Å². The van der Waals surface area contributed by atoms with Gasteiger partial charge in [-0.15, -0.1) is 21.5 Å². The summed E-state index contributed by atoms with van der Waals surface area (Å²) in [5.74, 6) is 0. The lowest BCUT2D eigenvalue weighted by molar-refractivity contribution is -0.142. The van der Waals surface area contributed by atoms with Gasteiger partial charge in [-0.1, -0.05) is 0 Å². The van der Waals surface area contributed by atoms with E-state index in [0.29, 0.717) is 9.04 Å². The average Bonchev–Trinajstić information content (AvgIpc) is 2.87. The van der Waals surface area contributed by atoms with Crippen molar-refractivity contribution >= 4 is 33.3 Å². The molecule has 0 saturated carbocycles. The van der Waals surface area contributed by atoms with Crippen LogP contribution in [0.2, 0.25) is 0 Å². The zero-order chi connectivity index (χ0) is 17.5. The van der Waals surface area contributed by atoms with Crippen LogP contribution in [0.5, 0.6) is 0 Å². The molecule has 0 bridgehead atoms. The van der Waals surface area contributed by atoms with Crippen molar-refractivity contribution in [1.82, 2.24) is 15.2 Å². The molecule has 0 aliphatic rings. The average molecular weight is 381 g/mol. The summed E-state index contributed by atoms with van der Waals surface area (Å²) in [7, 11) is 0. The van der Waals surface area contributed by atoms with Crippen molar-refractivity contribution in [2.75, 3.05) is 0 Å². The third-order valence-electron chi connectivity index (χ3n) is 2.82. The summed E-state index contributed by atoms with van der Waals surface area (Å²) in [6.45, 7) is 0. The maximum atomic E-state index is 12.7. The maximum Gasteiger partial charge on any atom is 0.435 e. The van der Waals surface area contributed by atoms with Crippen LogP contribution in [-0.2, 0) is 12.4 Å². The van der Waals surface area contributed by atoms with E-state index in [1.54, 1.807) is 0 Å². The van der Waals surface area contributed by atoms with E-state index in [2.05, 4.69) is 15.2 Å². The summed E-state index contributed by atoms with van der Waals surface area (Å²) in [6.07, 6.45) is -9.05. The highest BCUT2D eigenvalue weighted by molar-refractivity contribution is 8.01. The van der Waals surface area contributed by atoms with Gasteiger partial charge in [-0.25, -0.2) is 4.98 Å². The van der Waals surface area contributed by atoms with E-state index in [-0.39, 0.29) is 10.5 Å². The first kappa shape index (κ1) is 17.0. The molecule has 0 amide bonds. The molecule has 11 heteroatoms. The third kappa shape index (κ3) is 3.61. The molecule has 1 aromatic carbocycles. The van der Waals surface area contributed by atoms with Crippen molar-refractivity contribution in [3.63, 3.8) is 0 Å². The van der Waals surface area contributed by atoms with E-state index in [4.69, 9.17) is 0 Å². The fourth-order valence-corrected chi connectivity index (χ4v) is 3.65. The van der Waals surface area contributed by atoms with Crippen molar-refractivity contribution in [1.29, 1.82) is 0 Å². The molecule has 3 aromatic rings. The molecule has 0 N–H and O–H groups in total. The molecule has 0 aliphatic heterocycles. The Bertz CT molecular complexity index is 870. The Morgan fingerprint density at radius 2 is 1.62 bits per heavy atom. The van der Waals surface area contributed by atoms with Crippen molar-refractivity contribution in [2.45, 2.75) is 21.7 Å². The van der Waals surface area contributed by atoms with Gasteiger partial charge in [-0.2, -0.15) is 26.3 Å². The van der Waals surface area contributed by atoms with E-state index < -0.39 is 23.6 Å². The van der Waals surface area contributed by atoms with E-state index in [1.807, 2.05) is 0 Å². The van der Waals surface area contributed by atoms with Crippen LogP contribution in [0.4, 0.5) is 26.3 Å². The molecule has 0 radical (unpaired) electrons. The van der Waals surface area contributed by atoms with E-state index in [0.717, 1.165) is 47.4 Å². The molecular formula is C13H5F6N3S2. The summed E-state index contributed by atoms with van der Waals surface area (Å²) in [4.78, 5) is 4.04. The lowest BCUT2D eigenvalue weighted by Crippen LogP contribution is -2.08. The van der Waals surface area contributed by atoms with Crippen LogP contribution >= 0.6 is 23.1 Å². The Kier molecular flexibility index (Phi) is 4.16. The van der Waals surface area contributed by atoms with Crippen molar-refractivity contribution < 1.29 is 26.3 Å². The molecule has 0 spiro atoms. The molecule has 0 saturated heterocycles. The fraction of sp³-hybridized carbons (Fsp3) is 0.154. The second-order valence-electron chi connectivity index (χ2n) is 4.52. The first-order valence-corrected chi connectivity index (χ1v) is 7.83. The minimum absolute atomic E-state index is 0.164. The highest BCUT2D eigenvalue weighted by atomic mass is 32.2. The summed E-state index contributed by atoms with van der Waals surface area (Å²) >= 11 is 2.05. The summed E-state index contributed by atoms with van der Waals surface area (Å²) in [5, 5.41) is 6.69. The second-order valence-corrected chi connectivity index (χ2v) is 6.81. The quantitative estimate of drug-likeness (QED) is 0.567. The van der Waals surface area contributed by atoms with E-state index >= 15 is 0 Å². The van der Waals surface area contributed by atoms with Gasteiger partial charge in [0.15, 0.2) is 10.0 Å². The van der Waals surface area contributed by atoms with Crippen molar-refractivity contribution in [2.24, 2.45) is 0 Å². The van der Waals surface area contributed by atoms with E-state index in [9.17, 15) is 26.3 Å². The normalized spacial score (nSPS) is 12.8. The first-order chi connectivity index (χ1) is 11.1. The molecule has 2 aromatic heterocycles.